The van der Waals surface area contributed by atoms with E-state index in [1.54, 1.807) is 27.7 Å². The van der Waals surface area contributed by atoms with Gasteiger partial charge in [-0.15, -0.1) is 0 Å². The molecule has 1 aliphatic heterocycles. The normalized spacial score (nSPS) is 23.9. The Kier molecular flexibility index (Phi) is 5.18. The van der Waals surface area contributed by atoms with E-state index < -0.39 is 29.3 Å². The van der Waals surface area contributed by atoms with Gasteiger partial charge in [0, 0.05) is 6.42 Å². The zero-order chi connectivity index (χ0) is 18.0. The monoisotopic (exact) mass is 335 g/mol. The van der Waals surface area contributed by atoms with Gasteiger partial charge >= 0.3 is 12.1 Å². The van der Waals surface area contributed by atoms with E-state index in [9.17, 15) is 14.7 Å². The van der Waals surface area contributed by atoms with Crippen LogP contribution < -0.4 is 0 Å². The minimum Gasteiger partial charge on any atom is -0.459 e. The molecule has 1 aromatic carbocycles. The minimum atomic E-state index is -1.24. The van der Waals surface area contributed by atoms with Crippen molar-refractivity contribution in [3.63, 3.8) is 0 Å². The molecule has 0 aromatic heterocycles. The average Bonchev–Trinajstić information content (AvgIpc) is 2.80. The number of benzene rings is 1. The molecule has 132 valence electrons. The van der Waals surface area contributed by atoms with Crippen LogP contribution in [0.3, 0.4) is 0 Å². The topological polar surface area (TPSA) is 76.1 Å². The molecule has 0 aliphatic carbocycles. The van der Waals surface area contributed by atoms with E-state index in [4.69, 9.17) is 9.47 Å². The van der Waals surface area contributed by atoms with Crippen LogP contribution in [0.4, 0.5) is 4.79 Å². The van der Waals surface area contributed by atoms with Gasteiger partial charge in [-0.2, -0.15) is 0 Å². The summed E-state index contributed by atoms with van der Waals surface area (Å²) in [5.74, 6) is -0.547. The second kappa shape index (κ2) is 6.81. The number of hydrogen-bond donors (Lipinski definition) is 1. The minimum absolute atomic E-state index is 0.0475. The van der Waals surface area contributed by atoms with Crippen molar-refractivity contribution < 1.29 is 24.2 Å². The molecular formula is C18H25NO5. The summed E-state index contributed by atoms with van der Waals surface area (Å²) in [5.41, 5.74) is -1.06. The van der Waals surface area contributed by atoms with Crippen molar-refractivity contribution >= 4 is 12.1 Å². The number of ether oxygens (including phenoxy) is 2. The van der Waals surface area contributed by atoms with E-state index in [-0.39, 0.29) is 19.6 Å². The first kappa shape index (κ1) is 18.3. The van der Waals surface area contributed by atoms with Crippen molar-refractivity contribution in [3.8, 4) is 0 Å². The molecule has 1 aromatic rings. The van der Waals surface area contributed by atoms with Gasteiger partial charge in [0.1, 0.15) is 17.7 Å². The van der Waals surface area contributed by atoms with Crippen molar-refractivity contribution in [2.45, 2.75) is 58.0 Å². The highest BCUT2D eigenvalue weighted by atomic mass is 16.6. The van der Waals surface area contributed by atoms with Crippen LogP contribution in [0.15, 0.2) is 30.3 Å². The van der Waals surface area contributed by atoms with Crippen LogP contribution in [0.1, 0.15) is 39.7 Å². The highest BCUT2D eigenvalue weighted by Crippen LogP contribution is 2.32. The third-order valence-corrected chi connectivity index (χ3v) is 3.89. The average molecular weight is 335 g/mol. The molecule has 1 amide bonds. The van der Waals surface area contributed by atoms with Gasteiger partial charge in [0.2, 0.25) is 0 Å². The summed E-state index contributed by atoms with van der Waals surface area (Å²) in [4.78, 5) is 26.2. The molecule has 2 rings (SSSR count). The number of hydrogen-bond acceptors (Lipinski definition) is 5. The molecule has 0 saturated carbocycles. The molecule has 2 atom stereocenters. The first-order valence-corrected chi connectivity index (χ1v) is 8.02. The molecule has 0 bridgehead atoms. The number of likely N-dealkylation sites (tertiary alicyclic amines) is 1. The van der Waals surface area contributed by atoms with Crippen LogP contribution >= 0.6 is 0 Å². The Morgan fingerprint density at radius 2 is 1.92 bits per heavy atom. The summed E-state index contributed by atoms with van der Waals surface area (Å²) < 4.78 is 10.7. The number of esters is 1. The molecule has 1 saturated heterocycles. The van der Waals surface area contributed by atoms with Crippen LogP contribution in [-0.2, 0) is 20.9 Å². The summed E-state index contributed by atoms with van der Waals surface area (Å²) >= 11 is 0. The van der Waals surface area contributed by atoms with Gasteiger partial charge in [-0.25, -0.2) is 9.59 Å². The van der Waals surface area contributed by atoms with Gasteiger partial charge in [-0.3, -0.25) is 4.90 Å². The summed E-state index contributed by atoms with van der Waals surface area (Å²) in [5, 5.41) is 9.96. The molecule has 1 N–H and O–H groups in total. The summed E-state index contributed by atoms with van der Waals surface area (Å²) in [6, 6.07) is 9.30. The van der Waals surface area contributed by atoms with Crippen molar-refractivity contribution in [2.24, 2.45) is 0 Å². The lowest BCUT2D eigenvalue weighted by Crippen LogP contribution is -2.52. The fourth-order valence-corrected chi connectivity index (χ4v) is 2.71. The predicted octanol–water partition coefficient (Wildman–Crippen LogP) is 2.49. The first-order valence-electron chi connectivity index (χ1n) is 8.02. The maximum atomic E-state index is 12.6. The van der Waals surface area contributed by atoms with Gasteiger partial charge in [0.05, 0.1) is 12.6 Å². The Morgan fingerprint density at radius 1 is 1.29 bits per heavy atom. The Bertz CT molecular complexity index is 595. The number of aliphatic hydroxyl groups excluding tert-OH is 1. The van der Waals surface area contributed by atoms with Crippen LogP contribution in [0.2, 0.25) is 0 Å². The molecule has 24 heavy (non-hydrogen) atoms. The largest absolute Gasteiger partial charge is 0.459 e. The van der Waals surface area contributed by atoms with Crippen LogP contribution in [0, 0.1) is 0 Å². The predicted molar refractivity (Wildman–Crippen MR) is 88.2 cm³/mol. The number of rotatable bonds is 3. The molecule has 1 heterocycles. The lowest BCUT2D eigenvalue weighted by molar-refractivity contribution is -0.156. The lowest BCUT2D eigenvalue weighted by atomic mass is 9.98. The number of carbonyl (C=O) groups excluding carboxylic acids is 2. The van der Waals surface area contributed by atoms with Crippen LogP contribution in [0.25, 0.3) is 0 Å². The highest BCUT2D eigenvalue weighted by molar-refractivity contribution is 5.86. The van der Waals surface area contributed by atoms with E-state index in [1.165, 1.54) is 4.90 Å². The fourth-order valence-electron chi connectivity index (χ4n) is 2.71. The molecule has 1 aliphatic rings. The van der Waals surface area contributed by atoms with E-state index in [1.807, 2.05) is 30.3 Å². The summed E-state index contributed by atoms with van der Waals surface area (Å²) in [6.07, 6.45) is -1.29. The van der Waals surface area contributed by atoms with Gasteiger partial charge in [0.15, 0.2) is 0 Å². The van der Waals surface area contributed by atoms with Gasteiger partial charge in [0.25, 0.3) is 0 Å². The van der Waals surface area contributed by atoms with Crippen molar-refractivity contribution in [1.82, 2.24) is 4.90 Å². The highest BCUT2D eigenvalue weighted by Gasteiger charge is 2.52. The first-order chi connectivity index (χ1) is 11.1. The third kappa shape index (κ3) is 4.26. The molecular weight excluding hydrogens is 310 g/mol. The summed E-state index contributed by atoms with van der Waals surface area (Å²) in [6.45, 7) is 7.02. The SMILES string of the molecule is CC(C)(C)OC(=O)N1C[C@H](O)C[C@@]1(C)C(=O)OCc1ccccc1. The van der Waals surface area contributed by atoms with Crippen molar-refractivity contribution in [3.05, 3.63) is 35.9 Å². The lowest BCUT2D eigenvalue weighted by Gasteiger charge is -2.34. The molecule has 6 nitrogen and oxygen atoms in total. The standard InChI is InChI=1S/C18H25NO5/c1-17(2,3)24-16(22)19-11-14(20)10-18(19,4)15(21)23-12-13-8-6-5-7-9-13/h5-9,14,20H,10-12H2,1-4H3/t14-,18+/m1/s1. The van der Waals surface area contributed by atoms with Crippen LogP contribution in [-0.4, -0.2) is 45.9 Å². The van der Waals surface area contributed by atoms with Crippen molar-refractivity contribution in [2.75, 3.05) is 6.54 Å². The number of nitrogens with zero attached hydrogens (tertiary/aromatic N) is 1. The molecule has 0 radical (unpaired) electrons. The number of amides is 1. The maximum Gasteiger partial charge on any atom is 0.411 e. The quantitative estimate of drug-likeness (QED) is 0.859. The number of carbonyl (C=O) groups is 2. The fraction of sp³-hybridized carbons (Fsp3) is 0.556. The van der Waals surface area contributed by atoms with Crippen LogP contribution in [0.5, 0.6) is 0 Å². The molecule has 0 spiro atoms. The van der Waals surface area contributed by atoms with E-state index in [0.717, 1.165) is 5.56 Å². The van der Waals surface area contributed by atoms with Gasteiger partial charge < -0.3 is 14.6 Å². The third-order valence-electron chi connectivity index (χ3n) is 3.89. The molecule has 6 heteroatoms. The summed E-state index contributed by atoms with van der Waals surface area (Å²) in [7, 11) is 0. The zero-order valence-electron chi connectivity index (χ0n) is 14.6. The second-order valence-corrected chi connectivity index (χ2v) is 7.28. The molecule has 0 unspecified atom stereocenters. The maximum absolute atomic E-state index is 12.6. The Hall–Kier alpha value is -2.08. The van der Waals surface area contributed by atoms with E-state index >= 15 is 0 Å². The Labute approximate surface area is 142 Å². The Morgan fingerprint density at radius 3 is 2.50 bits per heavy atom. The Balaban J connectivity index is 2.09. The van der Waals surface area contributed by atoms with Gasteiger partial charge in [-0.1, -0.05) is 30.3 Å². The smallest absolute Gasteiger partial charge is 0.411 e. The van der Waals surface area contributed by atoms with E-state index in [0.29, 0.717) is 0 Å². The zero-order valence-corrected chi connectivity index (χ0v) is 14.6. The van der Waals surface area contributed by atoms with Gasteiger partial charge in [-0.05, 0) is 33.3 Å². The van der Waals surface area contributed by atoms with E-state index in [2.05, 4.69) is 0 Å². The number of β-amino-alcohol motifs (C(OH)–C–C–N with tert-alkyl or cyclic N) is 1. The number of aliphatic hydroxyl groups is 1. The van der Waals surface area contributed by atoms with Crippen molar-refractivity contribution in [1.29, 1.82) is 0 Å². The molecule has 1 fully saturated rings. The second-order valence-electron chi connectivity index (χ2n) is 7.28.